The molecular weight excluding hydrogens is 390 g/mol. The average molecular weight is 407 g/mol. The summed E-state index contributed by atoms with van der Waals surface area (Å²) >= 11 is 1.31. The number of benzene rings is 1. The van der Waals surface area contributed by atoms with Gasteiger partial charge in [0.25, 0.3) is 0 Å². The van der Waals surface area contributed by atoms with Crippen LogP contribution in [-0.4, -0.2) is 41.5 Å². The van der Waals surface area contributed by atoms with Crippen molar-refractivity contribution in [2.75, 3.05) is 11.1 Å². The van der Waals surface area contributed by atoms with Crippen molar-refractivity contribution >= 4 is 23.4 Å². The first-order chi connectivity index (χ1) is 14.2. The van der Waals surface area contributed by atoms with E-state index >= 15 is 0 Å². The van der Waals surface area contributed by atoms with Gasteiger partial charge in [-0.15, -0.1) is 10.2 Å². The van der Waals surface area contributed by atoms with Crippen LogP contribution in [0.1, 0.15) is 11.7 Å². The maximum absolute atomic E-state index is 12.1. The summed E-state index contributed by atoms with van der Waals surface area (Å²) in [5, 5.41) is 15.7. The zero-order chi connectivity index (χ0) is 20.1. The third-order valence-electron chi connectivity index (χ3n) is 3.99. The van der Waals surface area contributed by atoms with Crippen LogP contribution in [-0.2, 0) is 18.3 Å². The summed E-state index contributed by atoms with van der Waals surface area (Å²) in [6.45, 7) is 0. The van der Waals surface area contributed by atoms with Crippen molar-refractivity contribution in [2.45, 2.75) is 11.6 Å². The molecule has 0 aliphatic carbocycles. The highest BCUT2D eigenvalue weighted by atomic mass is 32.2. The molecule has 10 heteroatoms. The minimum absolute atomic E-state index is 0.109. The fourth-order valence-electron chi connectivity index (χ4n) is 2.53. The van der Waals surface area contributed by atoms with Crippen molar-refractivity contribution < 1.29 is 9.32 Å². The number of amides is 1. The van der Waals surface area contributed by atoms with Crippen LogP contribution < -0.4 is 5.32 Å². The number of carbonyl (C=O) groups is 1. The van der Waals surface area contributed by atoms with Gasteiger partial charge >= 0.3 is 0 Å². The maximum atomic E-state index is 12.1. The lowest BCUT2D eigenvalue weighted by Gasteiger charge is -2.05. The summed E-state index contributed by atoms with van der Waals surface area (Å²) < 4.78 is 7.11. The lowest BCUT2D eigenvalue weighted by atomic mass is 10.3. The number of anilines is 1. The van der Waals surface area contributed by atoms with E-state index in [2.05, 4.69) is 30.6 Å². The fourth-order valence-corrected chi connectivity index (χ4v) is 3.26. The van der Waals surface area contributed by atoms with Gasteiger partial charge in [-0.05, 0) is 24.3 Å². The van der Waals surface area contributed by atoms with Gasteiger partial charge < -0.3 is 14.4 Å². The lowest BCUT2D eigenvalue weighted by molar-refractivity contribution is -0.113. The van der Waals surface area contributed by atoms with Crippen molar-refractivity contribution in [1.29, 1.82) is 0 Å². The number of para-hydroxylation sites is 1. The fraction of sp³-hybridized carbons (Fsp3) is 0.158. The van der Waals surface area contributed by atoms with E-state index in [0.717, 1.165) is 5.69 Å². The Bertz CT molecular complexity index is 1100. The summed E-state index contributed by atoms with van der Waals surface area (Å²) in [6, 6.07) is 14.8. The molecule has 3 aromatic heterocycles. The van der Waals surface area contributed by atoms with E-state index in [-0.39, 0.29) is 11.7 Å². The maximum Gasteiger partial charge on any atom is 0.234 e. The SMILES string of the molecule is Cn1c(Cc2nc(-c3ccccn3)no2)nnc1SCC(=O)Nc1ccccc1. The third-order valence-corrected chi connectivity index (χ3v) is 5.01. The molecule has 0 aliphatic heterocycles. The monoisotopic (exact) mass is 407 g/mol. The Labute approximate surface area is 170 Å². The molecule has 0 saturated carbocycles. The molecule has 9 nitrogen and oxygen atoms in total. The lowest BCUT2D eigenvalue weighted by Crippen LogP contribution is -2.14. The van der Waals surface area contributed by atoms with Crippen LogP contribution in [0.3, 0.4) is 0 Å². The summed E-state index contributed by atoms with van der Waals surface area (Å²) in [5.41, 5.74) is 1.40. The molecule has 146 valence electrons. The van der Waals surface area contributed by atoms with E-state index in [4.69, 9.17) is 4.52 Å². The molecule has 4 aromatic rings. The minimum Gasteiger partial charge on any atom is -0.338 e. The predicted molar refractivity (Wildman–Crippen MR) is 107 cm³/mol. The van der Waals surface area contributed by atoms with Gasteiger partial charge in [0.2, 0.25) is 17.6 Å². The molecule has 29 heavy (non-hydrogen) atoms. The second-order valence-electron chi connectivity index (χ2n) is 6.06. The first-order valence-corrected chi connectivity index (χ1v) is 9.77. The molecule has 0 atom stereocenters. The van der Waals surface area contributed by atoms with Gasteiger partial charge in [-0.25, -0.2) is 0 Å². The molecule has 0 saturated heterocycles. The minimum atomic E-state index is -0.109. The van der Waals surface area contributed by atoms with Crippen molar-refractivity contribution in [3.63, 3.8) is 0 Å². The number of hydrogen-bond acceptors (Lipinski definition) is 8. The summed E-state index contributed by atoms with van der Waals surface area (Å²) in [4.78, 5) is 20.7. The van der Waals surface area contributed by atoms with E-state index in [9.17, 15) is 4.79 Å². The average Bonchev–Trinajstić information content (AvgIpc) is 3.36. The van der Waals surface area contributed by atoms with Gasteiger partial charge in [0.15, 0.2) is 5.16 Å². The summed E-state index contributed by atoms with van der Waals surface area (Å²) in [6.07, 6.45) is 2.01. The largest absolute Gasteiger partial charge is 0.338 e. The molecule has 1 N–H and O–H groups in total. The zero-order valence-corrected chi connectivity index (χ0v) is 16.3. The van der Waals surface area contributed by atoms with E-state index < -0.39 is 0 Å². The molecule has 0 spiro atoms. The normalized spacial score (nSPS) is 10.8. The van der Waals surface area contributed by atoms with Gasteiger partial charge in [0, 0.05) is 18.9 Å². The Morgan fingerprint density at radius 3 is 2.76 bits per heavy atom. The van der Waals surface area contributed by atoms with Gasteiger partial charge in [0.1, 0.15) is 11.5 Å². The second-order valence-corrected chi connectivity index (χ2v) is 7.01. The van der Waals surface area contributed by atoms with Gasteiger partial charge in [-0.3, -0.25) is 9.78 Å². The number of pyridine rings is 1. The molecule has 1 amide bonds. The highest BCUT2D eigenvalue weighted by Crippen LogP contribution is 2.19. The molecule has 0 unspecified atom stereocenters. The first-order valence-electron chi connectivity index (χ1n) is 8.79. The zero-order valence-electron chi connectivity index (χ0n) is 15.5. The van der Waals surface area contributed by atoms with E-state index in [1.807, 2.05) is 60.1 Å². The van der Waals surface area contributed by atoms with Crippen LogP contribution in [0, 0.1) is 0 Å². The molecule has 3 heterocycles. The molecule has 1 aromatic carbocycles. The number of nitrogens with one attached hydrogen (secondary N) is 1. The Morgan fingerprint density at radius 1 is 1.14 bits per heavy atom. The Balaban J connectivity index is 1.36. The first kappa shape index (κ1) is 18.8. The van der Waals surface area contributed by atoms with Crippen LogP contribution in [0.25, 0.3) is 11.5 Å². The number of nitrogens with zero attached hydrogens (tertiary/aromatic N) is 6. The molecule has 0 aliphatic rings. The molecule has 0 fully saturated rings. The summed E-state index contributed by atoms with van der Waals surface area (Å²) in [5.74, 6) is 1.62. The van der Waals surface area contributed by atoms with Crippen molar-refractivity contribution in [3.05, 3.63) is 66.4 Å². The van der Waals surface area contributed by atoms with Crippen molar-refractivity contribution in [1.82, 2.24) is 29.9 Å². The second kappa shape index (κ2) is 8.65. The van der Waals surface area contributed by atoms with Crippen LogP contribution in [0.4, 0.5) is 5.69 Å². The molecule has 4 rings (SSSR count). The number of carbonyl (C=O) groups excluding carboxylic acids is 1. The number of thioether (sulfide) groups is 1. The van der Waals surface area contributed by atoms with Gasteiger partial charge in [-0.2, -0.15) is 4.98 Å². The molecule has 0 radical (unpaired) electrons. The number of aromatic nitrogens is 6. The van der Waals surface area contributed by atoms with Crippen LogP contribution in [0.15, 0.2) is 64.4 Å². The van der Waals surface area contributed by atoms with Gasteiger partial charge in [-0.1, -0.05) is 41.2 Å². The standard InChI is InChI=1S/C19H17N7O2S/c1-26-15(11-17-22-18(25-28-17)14-9-5-6-10-20-14)23-24-19(26)29-12-16(27)21-13-7-3-2-4-8-13/h2-10H,11-12H2,1H3,(H,21,27). The smallest absolute Gasteiger partial charge is 0.234 e. The van der Waals surface area contributed by atoms with Crippen molar-refractivity contribution in [3.8, 4) is 11.5 Å². The Morgan fingerprint density at radius 2 is 1.97 bits per heavy atom. The van der Waals surface area contributed by atoms with Crippen LogP contribution >= 0.6 is 11.8 Å². The molecule has 0 bridgehead atoms. The highest BCUT2D eigenvalue weighted by Gasteiger charge is 2.16. The number of hydrogen-bond donors (Lipinski definition) is 1. The van der Waals surface area contributed by atoms with Crippen LogP contribution in [0.2, 0.25) is 0 Å². The van der Waals surface area contributed by atoms with Crippen molar-refractivity contribution in [2.24, 2.45) is 7.05 Å². The van der Waals surface area contributed by atoms with E-state index in [1.165, 1.54) is 11.8 Å². The Kier molecular flexibility index (Phi) is 5.61. The number of rotatable bonds is 7. The Hall–Kier alpha value is -3.53. The van der Waals surface area contributed by atoms with Crippen LogP contribution in [0.5, 0.6) is 0 Å². The topological polar surface area (TPSA) is 112 Å². The summed E-state index contributed by atoms with van der Waals surface area (Å²) in [7, 11) is 1.84. The molecular formula is C19H17N7O2S. The van der Waals surface area contributed by atoms with E-state index in [1.54, 1.807) is 6.20 Å². The predicted octanol–water partition coefficient (Wildman–Crippen LogP) is 2.58. The quantitative estimate of drug-likeness (QED) is 0.465. The highest BCUT2D eigenvalue weighted by molar-refractivity contribution is 7.99. The van der Waals surface area contributed by atoms with Gasteiger partial charge in [0.05, 0.1) is 12.2 Å². The third kappa shape index (κ3) is 4.66. The van der Waals surface area contributed by atoms with E-state index in [0.29, 0.717) is 34.8 Å².